The third kappa shape index (κ3) is 5.01. The molecule has 1 aromatic rings. The van der Waals surface area contributed by atoms with Crippen molar-refractivity contribution in [2.24, 2.45) is 0 Å². The molecule has 6 nitrogen and oxygen atoms in total. The van der Waals surface area contributed by atoms with Crippen LogP contribution in [0.5, 0.6) is 0 Å². The molecule has 1 aromatic carbocycles. The maximum Gasteiger partial charge on any atom is 0.275 e. The van der Waals surface area contributed by atoms with Crippen molar-refractivity contribution in [3.8, 4) is 0 Å². The monoisotopic (exact) mass is 420 g/mol. The summed E-state index contributed by atoms with van der Waals surface area (Å²) in [5.41, 5.74) is 2.49. The maximum absolute atomic E-state index is 13.1. The van der Waals surface area contributed by atoms with Crippen LogP contribution in [-0.4, -0.2) is 57.4 Å². The second-order valence-corrected chi connectivity index (χ2v) is 10.8. The lowest BCUT2D eigenvalue weighted by molar-refractivity contribution is -0.895. The molecule has 1 saturated carbocycles. The Labute approximate surface area is 174 Å². The number of benzene rings is 1. The van der Waals surface area contributed by atoms with Crippen molar-refractivity contribution in [2.75, 3.05) is 32.7 Å². The molecular weight excluding hydrogens is 386 g/mol. The number of amides is 1. The van der Waals surface area contributed by atoms with E-state index in [1.807, 2.05) is 12.1 Å². The Hall–Kier alpha value is -1.44. The van der Waals surface area contributed by atoms with Gasteiger partial charge in [-0.1, -0.05) is 25.3 Å². The van der Waals surface area contributed by atoms with Crippen LogP contribution in [0.3, 0.4) is 0 Å². The average molecular weight is 421 g/mol. The summed E-state index contributed by atoms with van der Waals surface area (Å²) in [6.07, 6.45) is 10.2. The molecule has 1 amide bonds. The summed E-state index contributed by atoms with van der Waals surface area (Å²) < 4.78 is 27.8. The van der Waals surface area contributed by atoms with Crippen LogP contribution in [0, 0.1) is 0 Å². The summed E-state index contributed by atoms with van der Waals surface area (Å²) in [7, 11) is -3.45. The molecule has 2 N–H and O–H groups in total. The van der Waals surface area contributed by atoms with Crippen LogP contribution in [0.4, 0.5) is 0 Å². The van der Waals surface area contributed by atoms with E-state index in [2.05, 4.69) is 5.32 Å². The van der Waals surface area contributed by atoms with Gasteiger partial charge in [-0.05, 0) is 61.8 Å². The van der Waals surface area contributed by atoms with Gasteiger partial charge in [-0.2, -0.15) is 4.31 Å². The van der Waals surface area contributed by atoms with Crippen molar-refractivity contribution in [3.05, 3.63) is 29.3 Å². The predicted octanol–water partition coefficient (Wildman–Crippen LogP) is 0.904. The number of hydrogen-bond donors (Lipinski definition) is 2. The van der Waals surface area contributed by atoms with Gasteiger partial charge in [0.2, 0.25) is 10.0 Å². The van der Waals surface area contributed by atoms with Crippen LogP contribution in [-0.2, 0) is 27.7 Å². The molecule has 7 heteroatoms. The van der Waals surface area contributed by atoms with Crippen molar-refractivity contribution >= 4 is 15.9 Å². The molecule has 4 rings (SSSR count). The zero-order valence-corrected chi connectivity index (χ0v) is 18.1. The molecule has 0 bridgehead atoms. The van der Waals surface area contributed by atoms with Gasteiger partial charge in [-0.15, -0.1) is 0 Å². The van der Waals surface area contributed by atoms with Gasteiger partial charge in [0.15, 0.2) is 6.54 Å². The third-order valence-electron chi connectivity index (χ3n) is 6.77. The van der Waals surface area contributed by atoms with Crippen molar-refractivity contribution < 1.29 is 18.1 Å². The van der Waals surface area contributed by atoms with Crippen LogP contribution in [0.2, 0.25) is 0 Å². The lowest BCUT2D eigenvalue weighted by atomic mass is 9.92. The number of hydrogen-bond acceptors (Lipinski definition) is 3. The zero-order chi connectivity index (χ0) is 20.3. The molecule has 2 aliphatic carbocycles. The number of nitrogens with zero attached hydrogens (tertiary/aromatic N) is 1. The van der Waals surface area contributed by atoms with Gasteiger partial charge in [-0.3, -0.25) is 4.79 Å². The molecule has 1 saturated heterocycles. The molecule has 29 heavy (non-hydrogen) atoms. The Balaban J connectivity index is 1.31. The fourth-order valence-electron chi connectivity index (χ4n) is 4.99. The first kappa shape index (κ1) is 20.8. The van der Waals surface area contributed by atoms with Crippen molar-refractivity contribution in [2.45, 2.75) is 68.7 Å². The normalized spacial score (nSPS) is 22.2. The average Bonchev–Trinajstić information content (AvgIpc) is 2.74. The number of sulfonamides is 1. The van der Waals surface area contributed by atoms with Crippen LogP contribution in [0.15, 0.2) is 23.1 Å². The van der Waals surface area contributed by atoms with Crippen LogP contribution in [0.25, 0.3) is 0 Å². The number of rotatable bonds is 5. The second kappa shape index (κ2) is 9.14. The highest BCUT2D eigenvalue weighted by Crippen LogP contribution is 2.25. The van der Waals surface area contributed by atoms with E-state index in [-0.39, 0.29) is 5.91 Å². The number of piperazine rings is 1. The standard InChI is InChI=1S/C22H33N3O3S/c26-22(23-20-8-2-1-3-9-20)17-24-12-14-25(15-13-24)29(27,28)21-11-10-18-6-4-5-7-19(18)16-21/h10-11,16,20H,1-9,12-15,17H2,(H,23,26)/p+1. The van der Waals surface area contributed by atoms with Gasteiger partial charge in [-0.25, -0.2) is 8.42 Å². The first-order valence-corrected chi connectivity index (χ1v) is 12.7. The van der Waals surface area contributed by atoms with Gasteiger partial charge in [0, 0.05) is 6.04 Å². The molecule has 3 aliphatic rings. The Morgan fingerprint density at radius 2 is 1.69 bits per heavy atom. The molecule has 0 aromatic heterocycles. The largest absolute Gasteiger partial charge is 0.348 e. The number of carbonyl (C=O) groups is 1. The molecular formula is C22H34N3O3S+. The minimum Gasteiger partial charge on any atom is -0.348 e. The van der Waals surface area contributed by atoms with E-state index in [1.165, 1.54) is 41.7 Å². The topological polar surface area (TPSA) is 70.9 Å². The van der Waals surface area contributed by atoms with Crippen molar-refractivity contribution in [1.29, 1.82) is 0 Å². The summed E-state index contributed by atoms with van der Waals surface area (Å²) >= 11 is 0. The summed E-state index contributed by atoms with van der Waals surface area (Å²) in [5.74, 6) is 0.109. The Bertz CT molecular complexity index is 826. The molecule has 1 heterocycles. The number of nitrogens with one attached hydrogen (secondary N) is 2. The van der Waals surface area contributed by atoms with Crippen molar-refractivity contribution in [3.63, 3.8) is 0 Å². The van der Waals surface area contributed by atoms with Gasteiger partial charge in [0.25, 0.3) is 5.91 Å². The molecule has 0 atom stereocenters. The lowest BCUT2D eigenvalue weighted by Crippen LogP contribution is -3.15. The highest BCUT2D eigenvalue weighted by Gasteiger charge is 2.32. The van der Waals surface area contributed by atoms with Crippen molar-refractivity contribution in [1.82, 2.24) is 9.62 Å². The maximum atomic E-state index is 13.1. The Morgan fingerprint density at radius 3 is 2.41 bits per heavy atom. The minimum atomic E-state index is -3.45. The molecule has 0 unspecified atom stereocenters. The van der Waals surface area contributed by atoms with E-state index in [4.69, 9.17) is 0 Å². The van der Waals surface area contributed by atoms with E-state index < -0.39 is 10.0 Å². The Morgan fingerprint density at radius 1 is 1.00 bits per heavy atom. The van der Waals surface area contributed by atoms with E-state index in [1.54, 1.807) is 10.4 Å². The quantitative estimate of drug-likeness (QED) is 0.744. The summed E-state index contributed by atoms with van der Waals surface area (Å²) in [6.45, 7) is 2.77. The highest BCUT2D eigenvalue weighted by molar-refractivity contribution is 7.89. The fourth-order valence-corrected chi connectivity index (χ4v) is 6.48. The zero-order valence-electron chi connectivity index (χ0n) is 17.3. The molecule has 1 aliphatic heterocycles. The van der Waals surface area contributed by atoms with Crippen LogP contribution < -0.4 is 10.2 Å². The molecule has 0 spiro atoms. The SMILES string of the molecule is O=C(C[NH+]1CCN(S(=O)(=O)c2ccc3c(c2)CCCC3)CC1)NC1CCCCC1. The second-order valence-electron chi connectivity index (χ2n) is 8.87. The minimum absolute atomic E-state index is 0.109. The molecule has 160 valence electrons. The van der Waals surface area contributed by atoms with Gasteiger partial charge < -0.3 is 10.2 Å². The van der Waals surface area contributed by atoms with E-state index in [0.29, 0.717) is 43.7 Å². The lowest BCUT2D eigenvalue weighted by Gasteiger charge is -2.32. The van der Waals surface area contributed by atoms with Crippen LogP contribution in [0.1, 0.15) is 56.1 Å². The fraction of sp³-hybridized carbons (Fsp3) is 0.682. The number of carbonyl (C=O) groups excluding carboxylic acids is 1. The molecule has 2 fully saturated rings. The first-order valence-electron chi connectivity index (χ1n) is 11.3. The van der Waals surface area contributed by atoms with Crippen LogP contribution >= 0.6 is 0 Å². The summed E-state index contributed by atoms with van der Waals surface area (Å²) in [5, 5.41) is 3.17. The summed E-state index contributed by atoms with van der Waals surface area (Å²) in [4.78, 5) is 14.0. The van der Waals surface area contributed by atoms with E-state index in [9.17, 15) is 13.2 Å². The smallest absolute Gasteiger partial charge is 0.275 e. The predicted molar refractivity (Wildman–Crippen MR) is 112 cm³/mol. The number of fused-ring (bicyclic) bond motifs is 1. The Kier molecular flexibility index (Phi) is 6.56. The highest BCUT2D eigenvalue weighted by atomic mass is 32.2. The molecule has 0 radical (unpaired) electrons. The summed E-state index contributed by atoms with van der Waals surface area (Å²) in [6, 6.07) is 6.00. The van der Waals surface area contributed by atoms with E-state index >= 15 is 0 Å². The third-order valence-corrected chi connectivity index (χ3v) is 8.66. The first-order chi connectivity index (χ1) is 14.0. The van der Waals surface area contributed by atoms with E-state index in [0.717, 1.165) is 32.1 Å². The van der Waals surface area contributed by atoms with Gasteiger partial charge in [0.1, 0.15) is 0 Å². The number of quaternary nitrogens is 1. The van der Waals surface area contributed by atoms with Gasteiger partial charge >= 0.3 is 0 Å². The van der Waals surface area contributed by atoms with Gasteiger partial charge in [0.05, 0.1) is 31.1 Å². The number of aryl methyl sites for hydroxylation is 2.